The van der Waals surface area contributed by atoms with Gasteiger partial charge in [-0.15, -0.1) is 0 Å². The van der Waals surface area contributed by atoms with Crippen LogP contribution in [-0.2, 0) is 16.1 Å². The van der Waals surface area contributed by atoms with E-state index < -0.39 is 5.97 Å². The zero-order valence-corrected chi connectivity index (χ0v) is 13.8. The van der Waals surface area contributed by atoms with Gasteiger partial charge in [-0.05, 0) is 36.8 Å². The van der Waals surface area contributed by atoms with Crippen LogP contribution in [0.2, 0.25) is 0 Å². The molecule has 116 valence electrons. The predicted octanol–water partition coefficient (Wildman–Crippen LogP) is 3.97. The average molecular weight is 365 g/mol. The summed E-state index contributed by atoms with van der Waals surface area (Å²) in [4.78, 5) is 11.7. The highest BCUT2D eigenvalue weighted by Gasteiger charge is 2.08. The van der Waals surface area contributed by atoms with E-state index in [-0.39, 0.29) is 13.2 Å². The summed E-state index contributed by atoms with van der Waals surface area (Å²) in [6.07, 6.45) is 0. The number of hydrogen-bond acceptors (Lipinski definition) is 4. The van der Waals surface area contributed by atoms with Crippen molar-refractivity contribution in [2.45, 2.75) is 13.5 Å². The summed E-state index contributed by atoms with van der Waals surface area (Å²) >= 11 is 3.37. The Bertz CT molecular complexity index is 628. The van der Waals surface area contributed by atoms with Gasteiger partial charge < -0.3 is 14.2 Å². The van der Waals surface area contributed by atoms with Crippen molar-refractivity contribution in [3.63, 3.8) is 0 Å². The highest BCUT2D eigenvalue weighted by Crippen LogP contribution is 2.26. The van der Waals surface area contributed by atoms with Gasteiger partial charge >= 0.3 is 5.97 Å². The van der Waals surface area contributed by atoms with Crippen molar-refractivity contribution in [2.24, 2.45) is 0 Å². The van der Waals surface area contributed by atoms with Crippen molar-refractivity contribution < 1.29 is 19.0 Å². The normalized spacial score (nSPS) is 10.1. The first-order chi connectivity index (χ1) is 10.7. The van der Waals surface area contributed by atoms with E-state index in [0.717, 1.165) is 10.0 Å². The predicted molar refractivity (Wildman–Crippen MR) is 87.0 cm³/mol. The molecule has 2 aromatic rings. The lowest BCUT2D eigenvalue weighted by atomic mass is 10.2. The number of carbonyl (C=O) groups is 1. The fraction of sp³-hybridized carbons (Fsp3) is 0.235. The molecule has 0 aliphatic heterocycles. The van der Waals surface area contributed by atoms with Crippen LogP contribution in [-0.4, -0.2) is 19.2 Å². The molecule has 22 heavy (non-hydrogen) atoms. The molecule has 0 saturated carbocycles. The van der Waals surface area contributed by atoms with E-state index in [1.165, 1.54) is 0 Å². The Kier molecular flexibility index (Phi) is 6.27. The highest BCUT2D eigenvalue weighted by molar-refractivity contribution is 9.10. The second-order valence-corrected chi connectivity index (χ2v) is 5.37. The molecule has 4 nitrogen and oxygen atoms in total. The second-order valence-electron chi connectivity index (χ2n) is 4.46. The van der Waals surface area contributed by atoms with Gasteiger partial charge in [-0.3, -0.25) is 0 Å². The third-order valence-corrected chi connectivity index (χ3v) is 3.28. The van der Waals surface area contributed by atoms with Crippen LogP contribution in [0.25, 0.3) is 0 Å². The van der Waals surface area contributed by atoms with Crippen molar-refractivity contribution in [3.05, 3.63) is 58.6 Å². The van der Waals surface area contributed by atoms with Crippen molar-refractivity contribution in [2.75, 3.05) is 13.2 Å². The lowest BCUT2D eigenvalue weighted by molar-refractivity contribution is -0.147. The Morgan fingerprint density at radius 2 is 1.77 bits per heavy atom. The van der Waals surface area contributed by atoms with E-state index in [4.69, 9.17) is 14.2 Å². The first-order valence-corrected chi connectivity index (χ1v) is 7.73. The molecule has 0 heterocycles. The molecule has 0 saturated heterocycles. The zero-order chi connectivity index (χ0) is 15.8. The molecule has 5 heteroatoms. The van der Waals surface area contributed by atoms with Crippen LogP contribution in [0, 0.1) is 0 Å². The van der Waals surface area contributed by atoms with E-state index in [2.05, 4.69) is 15.9 Å². The topological polar surface area (TPSA) is 44.8 Å². The van der Waals surface area contributed by atoms with Crippen molar-refractivity contribution in [3.8, 4) is 11.5 Å². The van der Waals surface area contributed by atoms with Gasteiger partial charge in [0.25, 0.3) is 0 Å². The number of rotatable bonds is 7. The maximum Gasteiger partial charge on any atom is 0.344 e. The zero-order valence-electron chi connectivity index (χ0n) is 12.3. The van der Waals surface area contributed by atoms with Crippen LogP contribution in [0.4, 0.5) is 0 Å². The van der Waals surface area contributed by atoms with E-state index >= 15 is 0 Å². The molecule has 0 atom stereocenters. The fourth-order valence-electron chi connectivity index (χ4n) is 1.81. The molecule has 0 radical (unpaired) electrons. The summed E-state index contributed by atoms with van der Waals surface area (Å²) in [5.74, 6) is 0.722. The minimum Gasteiger partial charge on any atom is -0.490 e. The van der Waals surface area contributed by atoms with Gasteiger partial charge in [-0.2, -0.15) is 0 Å². The number of para-hydroxylation sites is 2. The summed E-state index contributed by atoms with van der Waals surface area (Å²) in [5, 5.41) is 0. The Balaban J connectivity index is 1.83. The summed E-state index contributed by atoms with van der Waals surface area (Å²) in [6, 6.07) is 14.8. The number of carbonyl (C=O) groups excluding carboxylic acids is 1. The van der Waals surface area contributed by atoms with E-state index in [9.17, 15) is 4.79 Å². The quantitative estimate of drug-likeness (QED) is 0.697. The average Bonchev–Trinajstić information content (AvgIpc) is 2.52. The van der Waals surface area contributed by atoms with Crippen LogP contribution >= 0.6 is 15.9 Å². The van der Waals surface area contributed by atoms with Crippen molar-refractivity contribution in [1.82, 2.24) is 0 Å². The molecule has 0 unspecified atom stereocenters. The van der Waals surface area contributed by atoms with E-state index in [1.54, 1.807) is 12.1 Å². The molecule has 0 bridgehead atoms. The lowest BCUT2D eigenvalue weighted by Gasteiger charge is -2.11. The van der Waals surface area contributed by atoms with Crippen LogP contribution in [0.5, 0.6) is 11.5 Å². The SMILES string of the molecule is CCOc1ccccc1OCC(=O)OCc1cccc(Br)c1. The second kappa shape index (κ2) is 8.44. The fourth-order valence-corrected chi connectivity index (χ4v) is 2.26. The maximum absolute atomic E-state index is 11.7. The molecule has 0 aliphatic carbocycles. The summed E-state index contributed by atoms with van der Waals surface area (Å²) in [6.45, 7) is 2.49. The van der Waals surface area contributed by atoms with Crippen LogP contribution in [0.1, 0.15) is 12.5 Å². The molecule has 0 fully saturated rings. The van der Waals surface area contributed by atoms with Crippen molar-refractivity contribution in [1.29, 1.82) is 0 Å². The molecular weight excluding hydrogens is 348 g/mol. The molecule has 0 N–H and O–H groups in total. The number of esters is 1. The monoisotopic (exact) mass is 364 g/mol. The molecule has 0 amide bonds. The number of ether oxygens (including phenoxy) is 3. The molecule has 0 aromatic heterocycles. The number of benzene rings is 2. The number of halogens is 1. The Labute approximate surface area is 138 Å². The lowest BCUT2D eigenvalue weighted by Crippen LogP contribution is -2.15. The van der Waals surface area contributed by atoms with Gasteiger partial charge in [0.15, 0.2) is 18.1 Å². The van der Waals surface area contributed by atoms with Gasteiger partial charge in [0.05, 0.1) is 6.61 Å². The highest BCUT2D eigenvalue weighted by atomic mass is 79.9. The largest absolute Gasteiger partial charge is 0.490 e. The van der Waals surface area contributed by atoms with E-state index in [1.807, 2.05) is 43.3 Å². The molecule has 2 rings (SSSR count). The first kappa shape index (κ1) is 16.4. The Hall–Kier alpha value is -2.01. The Morgan fingerprint density at radius 3 is 2.45 bits per heavy atom. The summed E-state index contributed by atoms with van der Waals surface area (Å²) in [7, 11) is 0. The molecular formula is C17H17BrO4. The minimum atomic E-state index is -0.425. The third kappa shape index (κ3) is 5.07. The molecule has 0 aliphatic rings. The maximum atomic E-state index is 11.7. The van der Waals surface area contributed by atoms with E-state index in [0.29, 0.717) is 18.1 Å². The summed E-state index contributed by atoms with van der Waals surface area (Å²) < 4.78 is 17.0. The first-order valence-electron chi connectivity index (χ1n) is 6.93. The Morgan fingerprint density at radius 1 is 1.05 bits per heavy atom. The van der Waals surface area contributed by atoms with Gasteiger partial charge in [-0.1, -0.05) is 40.2 Å². The molecule has 2 aromatic carbocycles. The third-order valence-electron chi connectivity index (χ3n) is 2.78. The standard InChI is InChI=1S/C17H17BrO4/c1-2-20-15-8-3-4-9-16(15)21-12-17(19)22-11-13-6-5-7-14(18)10-13/h3-10H,2,11-12H2,1H3. The van der Waals surface area contributed by atoms with Gasteiger partial charge in [0.1, 0.15) is 6.61 Å². The minimum absolute atomic E-state index is 0.155. The molecule has 0 spiro atoms. The van der Waals surface area contributed by atoms with Gasteiger partial charge in [-0.25, -0.2) is 4.79 Å². The van der Waals surface area contributed by atoms with Crippen LogP contribution in [0.15, 0.2) is 53.0 Å². The van der Waals surface area contributed by atoms with Crippen LogP contribution in [0.3, 0.4) is 0 Å². The summed E-state index contributed by atoms with van der Waals surface area (Å²) in [5.41, 5.74) is 0.914. The van der Waals surface area contributed by atoms with Gasteiger partial charge in [0.2, 0.25) is 0 Å². The van der Waals surface area contributed by atoms with Crippen molar-refractivity contribution >= 4 is 21.9 Å². The smallest absolute Gasteiger partial charge is 0.344 e. The van der Waals surface area contributed by atoms with Gasteiger partial charge in [0, 0.05) is 4.47 Å². The van der Waals surface area contributed by atoms with Crippen LogP contribution < -0.4 is 9.47 Å². The number of hydrogen-bond donors (Lipinski definition) is 0.